The number of hydrogen-bond donors (Lipinski definition) is 1. The number of nitrogens with zero attached hydrogens (tertiary/aromatic N) is 4. The van der Waals surface area contributed by atoms with Gasteiger partial charge in [0.1, 0.15) is 6.54 Å². The third kappa shape index (κ3) is 3.00. The molecule has 2 aromatic carbocycles. The summed E-state index contributed by atoms with van der Waals surface area (Å²) >= 11 is 5.17. The van der Waals surface area contributed by atoms with Crippen LogP contribution in [0.5, 0.6) is 0 Å². The molecule has 0 fully saturated rings. The van der Waals surface area contributed by atoms with Gasteiger partial charge in [0, 0.05) is 18.0 Å². The van der Waals surface area contributed by atoms with Gasteiger partial charge in [-0.25, -0.2) is 4.68 Å². The van der Waals surface area contributed by atoms with Gasteiger partial charge in [0.25, 0.3) is 5.56 Å². The lowest BCUT2D eigenvalue weighted by Crippen LogP contribution is -2.25. The Bertz CT molecular complexity index is 1280. The van der Waals surface area contributed by atoms with Crippen molar-refractivity contribution in [2.75, 3.05) is 0 Å². The Morgan fingerprint density at radius 1 is 1.07 bits per heavy atom. The zero-order chi connectivity index (χ0) is 19.1. The maximum absolute atomic E-state index is 13.0. The molecule has 0 saturated carbocycles. The maximum Gasteiger partial charge on any atom is 0.275 e. The van der Waals surface area contributed by atoms with Gasteiger partial charge in [-0.2, -0.15) is 10.2 Å². The highest BCUT2D eigenvalue weighted by Crippen LogP contribution is 2.26. The second kappa shape index (κ2) is 6.59. The maximum atomic E-state index is 13.0. The second-order valence-electron chi connectivity index (χ2n) is 6.66. The van der Waals surface area contributed by atoms with Crippen LogP contribution in [0.25, 0.3) is 22.0 Å². The minimum Gasteiger partial charge on any atom is -0.306 e. The molecule has 4 rings (SSSR count). The Morgan fingerprint density at radius 3 is 2.48 bits per heavy atom. The summed E-state index contributed by atoms with van der Waals surface area (Å²) in [6.45, 7) is 4.40. The first kappa shape index (κ1) is 17.4. The van der Waals surface area contributed by atoms with Crippen LogP contribution in [-0.4, -0.2) is 24.5 Å². The highest BCUT2D eigenvalue weighted by molar-refractivity contribution is 7.71. The molecule has 7 heteroatoms. The SMILES string of the molecule is Cc1ccc(-c2nn(Cc3n[nH]c(=S)n3C)c(=O)c3ccccc23)cc1C. The number of aromatic amines is 1. The molecule has 0 unspecified atom stereocenters. The number of nitrogens with one attached hydrogen (secondary N) is 1. The van der Waals surface area contributed by atoms with Gasteiger partial charge in [0.2, 0.25) is 0 Å². The summed E-state index contributed by atoms with van der Waals surface area (Å²) in [6.07, 6.45) is 0. The number of benzene rings is 2. The monoisotopic (exact) mass is 377 g/mol. The molecule has 136 valence electrons. The van der Waals surface area contributed by atoms with E-state index in [0.717, 1.165) is 16.6 Å². The zero-order valence-electron chi connectivity index (χ0n) is 15.4. The lowest BCUT2D eigenvalue weighted by atomic mass is 10.0. The van der Waals surface area contributed by atoms with E-state index in [4.69, 9.17) is 17.3 Å². The van der Waals surface area contributed by atoms with Crippen molar-refractivity contribution >= 4 is 23.0 Å². The first-order chi connectivity index (χ1) is 13.0. The van der Waals surface area contributed by atoms with Crippen LogP contribution in [-0.2, 0) is 13.6 Å². The Morgan fingerprint density at radius 2 is 1.81 bits per heavy atom. The van der Waals surface area contributed by atoms with E-state index < -0.39 is 0 Å². The molecule has 0 amide bonds. The molecule has 2 heterocycles. The summed E-state index contributed by atoms with van der Waals surface area (Å²) in [4.78, 5) is 13.0. The number of fused-ring (bicyclic) bond motifs is 1. The Balaban J connectivity index is 1.96. The molecule has 0 spiro atoms. The molecule has 0 radical (unpaired) electrons. The molecular formula is C20H19N5OS. The quantitative estimate of drug-likeness (QED) is 0.555. The van der Waals surface area contributed by atoms with Crippen LogP contribution in [0.3, 0.4) is 0 Å². The number of aryl methyl sites for hydroxylation is 2. The summed E-state index contributed by atoms with van der Waals surface area (Å²) in [6, 6.07) is 13.8. The van der Waals surface area contributed by atoms with Crippen LogP contribution >= 0.6 is 12.2 Å². The summed E-state index contributed by atoms with van der Waals surface area (Å²) in [5, 5.41) is 13.1. The fourth-order valence-corrected chi connectivity index (χ4v) is 3.25. The molecule has 1 N–H and O–H groups in total. The van der Waals surface area contributed by atoms with Crippen molar-refractivity contribution in [1.82, 2.24) is 24.5 Å². The third-order valence-corrected chi connectivity index (χ3v) is 5.28. The number of hydrogen-bond acceptors (Lipinski definition) is 4. The van der Waals surface area contributed by atoms with E-state index in [0.29, 0.717) is 16.0 Å². The average Bonchev–Trinajstić information content (AvgIpc) is 2.98. The van der Waals surface area contributed by atoms with Crippen LogP contribution in [0.1, 0.15) is 17.0 Å². The molecule has 0 aliphatic rings. The third-order valence-electron chi connectivity index (χ3n) is 4.91. The molecule has 4 aromatic rings. The predicted molar refractivity (Wildman–Crippen MR) is 108 cm³/mol. The fourth-order valence-electron chi connectivity index (χ4n) is 3.10. The van der Waals surface area contributed by atoms with E-state index in [-0.39, 0.29) is 12.1 Å². The minimum absolute atomic E-state index is 0.146. The number of rotatable bonds is 3. The lowest BCUT2D eigenvalue weighted by molar-refractivity contribution is 0.603. The van der Waals surface area contributed by atoms with Crippen molar-refractivity contribution in [2.45, 2.75) is 20.4 Å². The molecule has 0 atom stereocenters. The first-order valence-electron chi connectivity index (χ1n) is 8.63. The normalized spacial score (nSPS) is 11.2. The number of aromatic nitrogens is 5. The Labute approximate surface area is 161 Å². The average molecular weight is 377 g/mol. The first-order valence-corrected chi connectivity index (χ1v) is 9.04. The van der Waals surface area contributed by atoms with E-state index in [1.165, 1.54) is 15.8 Å². The van der Waals surface area contributed by atoms with Crippen LogP contribution in [0.4, 0.5) is 0 Å². The molecule has 2 aromatic heterocycles. The topological polar surface area (TPSA) is 68.5 Å². The van der Waals surface area contributed by atoms with Crippen molar-refractivity contribution < 1.29 is 0 Å². The molecule has 0 aliphatic carbocycles. The summed E-state index contributed by atoms with van der Waals surface area (Å²) in [5.74, 6) is 0.649. The van der Waals surface area contributed by atoms with Crippen molar-refractivity contribution in [1.29, 1.82) is 0 Å². The highest BCUT2D eigenvalue weighted by Gasteiger charge is 2.14. The van der Waals surface area contributed by atoms with Crippen LogP contribution in [0.2, 0.25) is 0 Å². The summed E-state index contributed by atoms with van der Waals surface area (Å²) < 4.78 is 3.71. The van der Waals surface area contributed by atoms with Gasteiger partial charge < -0.3 is 4.57 Å². The Hall–Kier alpha value is -3.06. The molecule has 0 aliphatic heterocycles. The van der Waals surface area contributed by atoms with Crippen molar-refractivity contribution in [3.8, 4) is 11.3 Å². The van der Waals surface area contributed by atoms with E-state index in [9.17, 15) is 4.79 Å². The van der Waals surface area contributed by atoms with Gasteiger partial charge in [0.05, 0.1) is 11.1 Å². The standard InChI is InChI=1S/C20H19N5OS/c1-12-8-9-14(10-13(12)2)18-15-6-4-5-7-16(15)19(26)25(23-18)11-17-21-22-20(27)24(17)3/h4-10H,11H2,1-3H3,(H,22,27). The molecule has 6 nitrogen and oxygen atoms in total. The molecule has 0 saturated heterocycles. The van der Waals surface area contributed by atoms with Crippen molar-refractivity contribution in [3.63, 3.8) is 0 Å². The number of H-pyrrole nitrogens is 1. The van der Waals surface area contributed by atoms with E-state index in [1.54, 1.807) is 4.57 Å². The molecule has 27 heavy (non-hydrogen) atoms. The van der Waals surface area contributed by atoms with Crippen LogP contribution < -0.4 is 5.56 Å². The predicted octanol–water partition coefficient (Wildman–Crippen LogP) is 3.52. The molecular weight excluding hydrogens is 358 g/mol. The smallest absolute Gasteiger partial charge is 0.275 e. The van der Waals surface area contributed by atoms with Gasteiger partial charge in [-0.05, 0) is 49.3 Å². The van der Waals surface area contributed by atoms with Gasteiger partial charge in [-0.15, -0.1) is 0 Å². The van der Waals surface area contributed by atoms with Crippen molar-refractivity contribution in [2.24, 2.45) is 7.05 Å². The second-order valence-corrected chi connectivity index (χ2v) is 7.05. The van der Waals surface area contributed by atoms with Gasteiger partial charge in [0.15, 0.2) is 10.6 Å². The van der Waals surface area contributed by atoms with Gasteiger partial charge in [-0.3, -0.25) is 9.89 Å². The summed E-state index contributed by atoms with van der Waals surface area (Å²) in [7, 11) is 1.82. The van der Waals surface area contributed by atoms with Crippen LogP contribution in [0, 0.1) is 18.6 Å². The zero-order valence-corrected chi connectivity index (χ0v) is 16.2. The Kier molecular flexibility index (Phi) is 4.24. The largest absolute Gasteiger partial charge is 0.306 e. The lowest BCUT2D eigenvalue weighted by Gasteiger charge is -2.12. The summed E-state index contributed by atoms with van der Waals surface area (Å²) in [5.41, 5.74) is 4.03. The van der Waals surface area contributed by atoms with Gasteiger partial charge in [-0.1, -0.05) is 30.3 Å². The van der Waals surface area contributed by atoms with E-state index in [2.05, 4.69) is 36.2 Å². The highest BCUT2D eigenvalue weighted by atomic mass is 32.1. The van der Waals surface area contributed by atoms with E-state index in [1.807, 2.05) is 37.4 Å². The van der Waals surface area contributed by atoms with Crippen molar-refractivity contribution in [3.05, 3.63) is 74.5 Å². The molecule has 0 bridgehead atoms. The fraction of sp³-hybridized carbons (Fsp3) is 0.200. The van der Waals surface area contributed by atoms with Crippen LogP contribution in [0.15, 0.2) is 47.3 Å². The minimum atomic E-state index is -0.146. The van der Waals surface area contributed by atoms with Gasteiger partial charge >= 0.3 is 0 Å². The van der Waals surface area contributed by atoms with E-state index >= 15 is 0 Å².